The summed E-state index contributed by atoms with van der Waals surface area (Å²) in [4.78, 5) is 24.6. The maximum Gasteiger partial charge on any atom is 0.321 e. The highest BCUT2D eigenvalue weighted by molar-refractivity contribution is 5.90. The number of carbonyl (C=O) groups is 1. The quantitative estimate of drug-likeness (QED) is 0.849. The summed E-state index contributed by atoms with van der Waals surface area (Å²) in [5.74, 6) is 0. The Morgan fingerprint density at radius 3 is 2.88 bits per heavy atom. The Morgan fingerprint density at radius 1 is 1.41 bits per heavy atom. The van der Waals surface area contributed by atoms with E-state index in [0.29, 0.717) is 24.4 Å². The average molecular weight is 233 g/mol. The lowest BCUT2D eigenvalue weighted by molar-refractivity contribution is 0.217. The van der Waals surface area contributed by atoms with Crippen molar-refractivity contribution >= 4 is 22.9 Å². The number of hydrogen-bond acceptors (Lipinski definition) is 3. The van der Waals surface area contributed by atoms with E-state index in [2.05, 4.69) is 20.3 Å². The molecule has 0 fully saturated rings. The van der Waals surface area contributed by atoms with Crippen LogP contribution in [0.4, 0.5) is 10.5 Å². The van der Waals surface area contributed by atoms with Crippen LogP contribution in [-0.4, -0.2) is 39.0 Å². The van der Waals surface area contributed by atoms with E-state index in [4.69, 9.17) is 0 Å². The predicted octanol–water partition coefficient (Wildman–Crippen LogP) is 1.83. The van der Waals surface area contributed by atoms with Crippen molar-refractivity contribution in [1.82, 2.24) is 19.9 Å². The van der Waals surface area contributed by atoms with Gasteiger partial charge in [0.2, 0.25) is 0 Å². The van der Waals surface area contributed by atoms with Crippen LogP contribution in [0.5, 0.6) is 0 Å². The van der Waals surface area contributed by atoms with Gasteiger partial charge in [0.25, 0.3) is 0 Å². The second-order valence-electron chi connectivity index (χ2n) is 3.60. The third-order valence-electron chi connectivity index (χ3n) is 2.58. The van der Waals surface area contributed by atoms with Crippen molar-refractivity contribution in [3.05, 3.63) is 18.6 Å². The van der Waals surface area contributed by atoms with Crippen LogP contribution in [0.25, 0.3) is 11.2 Å². The minimum Gasteiger partial charge on any atom is -0.343 e. The first-order valence-corrected chi connectivity index (χ1v) is 5.59. The Morgan fingerprint density at radius 2 is 2.18 bits per heavy atom. The van der Waals surface area contributed by atoms with Crippen LogP contribution >= 0.6 is 0 Å². The minimum absolute atomic E-state index is 0.115. The first-order valence-electron chi connectivity index (χ1n) is 5.59. The van der Waals surface area contributed by atoms with E-state index in [1.807, 2.05) is 19.9 Å². The van der Waals surface area contributed by atoms with E-state index in [1.165, 1.54) is 0 Å². The molecule has 0 aliphatic rings. The zero-order chi connectivity index (χ0) is 12.3. The molecule has 90 valence electrons. The molecule has 6 heteroatoms. The monoisotopic (exact) mass is 233 g/mol. The number of H-pyrrole nitrogens is 1. The lowest BCUT2D eigenvalue weighted by Gasteiger charge is -2.18. The van der Waals surface area contributed by atoms with Gasteiger partial charge in [-0.05, 0) is 19.9 Å². The zero-order valence-electron chi connectivity index (χ0n) is 9.90. The molecule has 2 rings (SSSR count). The van der Waals surface area contributed by atoms with Crippen LogP contribution in [0, 0.1) is 0 Å². The van der Waals surface area contributed by atoms with Gasteiger partial charge in [-0.25, -0.2) is 14.8 Å². The molecule has 0 unspecified atom stereocenters. The fourth-order valence-electron chi connectivity index (χ4n) is 1.61. The van der Waals surface area contributed by atoms with Crippen molar-refractivity contribution in [2.24, 2.45) is 0 Å². The molecule has 6 nitrogen and oxygen atoms in total. The first-order chi connectivity index (χ1) is 8.24. The Labute approximate surface area is 99.1 Å². The van der Waals surface area contributed by atoms with Crippen molar-refractivity contribution < 1.29 is 4.79 Å². The number of pyridine rings is 1. The summed E-state index contributed by atoms with van der Waals surface area (Å²) in [6.07, 6.45) is 3.18. The number of carbonyl (C=O) groups excluding carboxylic acids is 1. The van der Waals surface area contributed by atoms with Crippen molar-refractivity contribution in [2.75, 3.05) is 18.4 Å². The highest BCUT2D eigenvalue weighted by Crippen LogP contribution is 2.13. The van der Waals surface area contributed by atoms with E-state index in [1.54, 1.807) is 17.4 Å². The molecule has 0 aromatic carbocycles. The van der Waals surface area contributed by atoms with E-state index in [0.717, 1.165) is 5.52 Å². The number of hydrogen-bond donors (Lipinski definition) is 2. The molecule has 2 N–H and O–H groups in total. The number of rotatable bonds is 3. The van der Waals surface area contributed by atoms with Crippen LogP contribution in [0.1, 0.15) is 13.8 Å². The van der Waals surface area contributed by atoms with Gasteiger partial charge < -0.3 is 15.2 Å². The standard InChI is InChI=1S/C11H15N5O/c1-3-16(4-2)11(17)15-8-5-9-10(12-6-8)14-7-13-9/h5-7H,3-4H2,1-2H3,(H,15,17)(H,12,13,14). The Bertz CT molecular complexity index is 517. The first kappa shape index (κ1) is 11.4. The number of fused-ring (bicyclic) bond motifs is 1. The SMILES string of the molecule is CCN(CC)C(=O)Nc1cnc2nc[nH]c2c1. The fraction of sp³-hybridized carbons (Fsp3) is 0.364. The van der Waals surface area contributed by atoms with Crippen molar-refractivity contribution in [3.8, 4) is 0 Å². The number of aromatic amines is 1. The third kappa shape index (κ3) is 2.35. The highest BCUT2D eigenvalue weighted by Gasteiger charge is 2.09. The molecule has 0 atom stereocenters. The van der Waals surface area contributed by atoms with E-state index in [9.17, 15) is 4.79 Å². The molecule has 0 aliphatic heterocycles. The number of nitrogens with one attached hydrogen (secondary N) is 2. The van der Waals surface area contributed by atoms with Gasteiger partial charge in [-0.15, -0.1) is 0 Å². The van der Waals surface area contributed by atoms with E-state index >= 15 is 0 Å². The largest absolute Gasteiger partial charge is 0.343 e. The molecule has 0 radical (unpaired) electrons. The lowest BCUT2D eigenvalue weighted by atomic mass is 10.4. The number of imidazole rings is 1. The van der Waals surface area contributed by atoms with Crippen LogP contribution in [0.3, 0.4) is 0 Å². The van der Waals surface area contributed by atoms with Gasteiger partial charge in [0.05, 0.1) is 23.7 Å². The van der Waals surface area contributed by atoms with Crippen LogP contribution in [0.2, 0.25) is 0 Å². The lowest BCUT2D eigenvalue weighted by Crippen LogP contribution is -2.34. The molecule has 17 heavy (non-hydrogen) atoms. The maximum atomic E-state index is 11.8. The van der Waals surface area contributed by atoms with Gasteiger partial charge >= 0.3 is 6.03 Å². The molecule has 2 aromatic rings. The molecular formula is C11H15N5O. The number of urea groups is 1. The summed E-state index contributed by atoms with van der Waals surface area (Å²) in [6.45, 7) is 5.25. The molecule has 0 spiro atoms. The number of nitrogens with zero attached hydrogens (tertiary/aromatic N) is 3. The van der Waals surface area contributed by atoms with Crippen LogP contribution in [-0.2, 0) is 0 Å². The zero-order valence-corrected chi connectivity index (χ0v) is 9.90. The van der Waals surface area contributed by atoms with Crippen molar-refractivity contribution in [3.63, 3.8) is 0 Å². The van der Waals surface area contributed by atoms with Crippen molar-refractivity contribution in [1.29, 1.82) is 0 Å². The summed E-state index contributed by atoms with van der Waals surface area (Å²) in [5.41, 5.74) is 2.12. The van der Waals surface area contributed by atoms with E-state index in [-0.39, 0.29) is 6.03 Å². The topological polar surface area (TPSA) is 73.9 Å². The van der Waals surface area contributed by atoms with Gasteiger partial charge in [0.15, 0.2) is 5.65 Å². The molecule has 2 heterocycles. The summed E-state index contributed by atoms with van der Waals surface area (Å²) >= 11 is 0. The van der Waals surface area contributed by atoms with Gasteiger partial charge in [0, 0.05) is 13.1 Å². The Balaban J connectivity index is 2.14. The normalized spacial score (nSPS) is 10.5. The van der Waals surface area contributed by atoms with Gasteiger partial charge in [-0.1, -0.05) is 0 Å². The second-order valence-corrected chi connectivity index (χ2v) is 3.60. The molecule has 0 saturated carbocycles. The summed E-state index contributed by atoms with van der Waals surface area (Å²) in [5, 5.41) is 2.80. The van der Waals surface area contributed by atoms with E-state index < -0.39 is 0 Å². The smallest absolute Gasteiger partial charge is 0.321 e. The van der Waals surface area contributed by atoms with Crippen LogP contribution in [0.15, 0.2) is 18.6 Å². The molecule has 0 aliphatic carbocycles. The van der Waals surface area contributed by atoms with Crippen LogP contribution < -0.4 is 5.32 Å². The maximum absolute atomic E-state index is 11.8. The predicted molar refractivity (Wildman–Crippen MR) is 65.8 cm³/mol. The number of amides is 2. The molecule has 2 amide bonds. The number of aromatic nitrogens is 3. The third-order valence-corrected chi connectivity index (χ3v) is 2.58. The average Bonchev–Trinajstić information content (AvgIpc) is 2.77. The highest BCUT2D eigenvalue weighted by atomic mass is 16.2. The fourth-order valence-corrected chi connectivity index (χ4v) is 1.61. The molecule has 2 aromatic heterocycles. The number of anilines is 1. The Hall–Kier alpha value is -2.11. The van der Waals surface area contributed by atoms with Crippen molar-refractivity contribution in [2.45, 2.75) is 13.8 Å². The van der Waals surface area contributed by atoms with Gasteiger partial charge in [-0.2, -0.15) is 0 Å². The molecule has 0 bridgehead atoms. The summed E-state index contributed by atoms with van der Waals surface area (Å²) < 4.78 is 0. The Kier molecular flexibility index (Phi) is 3.22. The second kappa shape index (κ2) is 4.82. The van der Waals surface area contributed by atoms with Gasteiger partial charge in [0.1, 0.15) is 0 Å². The molecule has 0 saturated heterocycles. The molecular weight excluding hydrogens is 218 g/mol. The minimum atomic E-state index is -0.115. The van der Waals surface area contributed by atoms with Gasteiger partial charge in [-0.3, -0.25) is 0 Å². The summed E-state index contributed by atoms with van der Waals surface area (Å²) in [6, 6.07) is 1.70. The summed E-state index contributed by atoms with van der Waals surface area (Å²) in [7, 11) is 0.